The summed E-state index contributed by atoms with van der Waals surface area (Å²) >= 11 is 26.7. The van der Waals surface area contributed by atoms with Gasteiger partial charge in [-0.15, -0.1) is 0 Å². The normalized spacial score (nSPS) is 28.2. The average molecular weight is 1720 g/mol. The van der Waals surface area contributed by atoms with Crippen LogP contribution < -0.4 is 72.9 Å². The number of carbonyl (C=O) groups excluding carboxylic acids is 7. The predicted molar refractivity (Wildman–Crippen MR) is 421 cm³/mol. The maximum Gasteiger partial charge on any atom is 0.330 e. The van der Waals surface area contributed by atoms with Gasteiger partial charge in [0.15, 0.2) is 29.9 Å². The van der Waals surface area contributed by atoms with Gasteiger partial charge in [-0.2, -0.15) is 0 Å². The molecule has 0 radical (unpaired) electrons. The number of aliphatic hydroxyl groups is 5. The standard InChI is InChI=1S/C80H88Cl4N10O24/c1-32(2)18-48(87-5)72(104)93-63-65(99)37-10-16-52(46(83)21-37)114-54-23-39-24-55(69(54)118-79-70(68(102)67(101)56(29-85)116-79)117-58-28-80(4,71(103)33(3)113-58)88-30-34-6-12-41(13-7-34)112-31-35-8-14-44(81)45(82)19-35)115-53-17-11-38(22-47(53)84)66(100)64-77(109)92-62(78(110)111)43-25-40(95)26-51(97)59(43)42-20-36(9-15-50(42)96)60(74(106)94-64)91-75(107)61(39)90-73(105)49(27-57(86)98)89-76(63)108/h6-10,12-17,19-26,32-33,38,48-49,56,58,60-68,70-71,79,87-88,95-97,99-103H,11,18,27-31,85H2,1-5H3,(H2,86,98)(H,89,108)(H,90,105)(H,91,107)(H,92,109)(H,93,104)(H,94,106)(H,110,111)/t33?,38?,48-,49+,56?,58?,60-,61-,62-,63-,64+,65-,66-,67?,68?,70?,71?,79?,80?/m1/s1. The molecule has 7 heterocycles. The van der Waals surface area contributed by atoms with E-state index in [1.165, 1.54) is 31.3 Å². The third-order valence-corrected chi connectivity index (χ3v) is 22.5. The number of aromatic hydroxyl groups is 3. The van der Waals surface area contributed by atoms with Crippen molar-refractivity contribution < 1.29 is 117 Å². The zero-order valence-corrected chi connectivity index (χ0v) is 66.7. The molecular formula is C80H88Cl4N10O24. The first kappa shape index (κ1) is 87.2. The first-order valence-corrected chi connectivity index (χ1v) is 39.0. The van der Waals surface area contributed by atoms with E-state index in [1.54, 1.807) is 44.2 Å². The molecule has 0 spiro atoms. The minimum Gasteiger partial charge on any atom is -0.508 e. The van der Waals surface area contributed by atoms with Crippen molar-refractivity contribution in [1.29, 1.82) is 0 Å². The Morgan fingerprint density at radius 2 is 1.39 bits per heavy atom. The molecule has 6 aromatic rings. The molecule has 7 aliphatic heterocycles. The summed E-state index contributed by atoms with van der Waals surface area (Å²) in [7, 11) is 1.48. The van der Waals surface area contributed by atoms with E-state index in [0.717, 1.165) is 59.7 Å². The van der Waals surface area contributed by atoms with Crippen molar-refractivity contribution >= 4 is 93.7 Å². The van der Waals surface area contributed by atoms with Crippen molar-refractivity contribution in [3.8, 4) is 57.1 Å². The van der Waals surface area contributed by atoms with Crippen LogP contribution in [0, 0.1) is 11.8 Å². The second-order valence-corrected chi connectivity index (χ2v) is 31.7. The number of aliphatic carboxylic acids is 1. The zero-order chi connectivity index (χ0) is 85.2. The molecule has 0 saturated carbocycles. The molecule has 0 aromatic heterocycles. The molecule has 11 bridgehead atoms. The van der Waals surface area contributed by atoms with Gasteiger partial charge < -0.3 is 133 Å². The fourth-order valence-electron chi connectivity index (χ4n) is 14.8. The number of rotatable bonds is 19. The number of primary amides is 1. The summed E-state index contributed by atoms with van der Waals surface area (Å²) in [6.07, 6.45) is -15.8. The van der Waals surface area contributed by atoms with Gasteiger partial charge >= 0.3 is 5.97 Å². The van der Waals surface area contributed by atoms with Gasteiger partial charge in [0.25, 0.3) is 0 Å². The molecule has 21 N–H and O–H groups in total. The van der Waals surface area contributed by atoms with Crippen molar-refractivity contribution in [1.82, 2.24) is 42.5 Å². The number of fused-ring (bicyclic) bond motifs is 14. The molecule has 38 heteroatoms. The van der Waals surface area contributed by atoms with E-state index >= 15 is 14.4 Å². The number of nitrogens with one attached hydrogen (secondary N) is 8. The second-order valence-electron chi connectivity index (χ2n) is 30.1. The largest absolute Gasteiger partial charge is 0.508 e. The molecule has 14 rings (SSSR count). The van der Waals surface area contributed by atoms with Crippen LogP contribution in [0.2, 0.25) is 15.1 Å². The van der Waals surface area contributed by atoms with Crippen LogP contribution in [0.1, 0.15) is 111 Å². The SMILES string of the molecule is CN[C@H](CC(C)C)C(=O)N[C@H]1C(=O)N[C@@H](CC(N)=O)C(=O)N[C@H]2C(=O)N[C@H]3C(=O)N[C@H](C(=O)N[C@@H](C(=O)O)c4cc(O)cc(O)c4-c4cc3ccc4O)[C@H](O)C3C=C(Cl)C(=CC3)Oc3cc2cc(c3OC2OC(CN)C(O)C(O)C2OC2CC(C)(NCc3ccc(OCc4ccc(Cl)c(Cl)c4)cc3)C(O)C(C)O2)Oc2ccc(cc2Cl)[C@H]1O. The number of benzene rings is 6. The summed E-state index contributed by atoms with van der Waals surface area (Å²) in [5.41, 5.74) is 9.87. The lowest BCUT2D eigenvalue weighted by Gasteiger charge is -2.48. The highest BCUT2D eigenvalue weighted by Crippen LogP contribution is 2.50. The number of hydrogen-bond donors (Lipinski definition) is 19. The fourth-order valence-corrected chi connectivity index (χ4v) is 15.6. The Morgan fingerprint density at radius 1 is 0.703 bits per heavy atom. The molecule has 8 aliphatic rings. The number of phenols is 3. The number of carbonyl (C=O) groups is 8. The van der Waals surface area contributed by atoms with Crippen LogP contribution in [-0.4, -0.2) is 192 Å². The number of aliphatic hydroxyl groups excluding tert-OH is 5. The highest BCUT2D eigenvalue weighted by molar-refractivity contribution is 6.42. The monoisotopic (exact) mass is 1710 g/mol. The van der Waals surface area contributed by atoms with Crippen LogP contribution in [0.4, 0.5) is 0 Å². The Hall–Kier alpha value is -10.1. The molecule has 630 valence electrons. The molecule has 7 amide bonds. The first-order valence-electron chi connectivity index (χ1n) is 37.4. The maximum atomic E-state index is 16.2. The molecule has 118 heavy (non-hydrogen) atoms. The lowest BCUT2D eigenvalue weighted by atomic mass is 9.84. The van der Waals surface area contributed by atoms with Gasteiger partial charge in [-0.05, 0) is 140 Å². The lowest BCUT2D eigenvalue weighted by Crippen LogP contribution is -2.65. The molecule has 2 saturated heterocycles. The molecule has 6 aromatic carbocycles. The number of nitrogens with two attached hydrogens (primary N) is 2. The highest BCUT2D eigenvalue weighted by atomic mass is 35.5. The van der Waals surface area contributed by atoms with Gasteiger partial charge in [-0.25, -0.2) is 4.79 Å². The Labute approximate surface area is 694 Å². The number of carboxylic acid groups (broad SMARTS) is 1. The van der Waals surface area contributed by atoms with Crippen molar-refractivity contribution in [2.75, 3.05) is 13.6 Å². The topological polar surface area (TPSA) is 532 Å². The number of allylic oxidation sites excluding steroid dienone is 2. The Kier molecular flexibility index (Phi) is 27.1. The summed E-state index contributed by atoms with van der Waals surface area (Å²) in [5.74, 6) is -16.4. The molecule has 2 fully saturated rings. The molecule has 10 unspecified atom stereocenters. The van der Waals surface area contributed by atoms with Gasteiger partial charge in [0.2, 0.25) is 53.4 Å². The Morgan fingerprint density at radius 3 is 2.06 bits per heavy atom. The lowest BCUT2D eigenvalue weighted by molar-refractivity contribution is -0.331. The van der Waals surface area contributed by atoms with Gasteiger partial charge in [-0.3, -0.25) is 33.6 Å². The third kappa shape index (κ3) is 19.3. The van der Waals surface area contributed by atoms with Crippen LogP contribution in [0.15, 0.2) is 126 Å². The maximum absolute atomic E-state index is 16.2. The summed E-state index contributed by atoms with van der Waals surface area (Å²) in [6, 6.07) is 8.63. The molecule has 1 aliphatic carbocycles. The van der Waals surface area contributed by atoms with E-state index in [9.17, 15) is 69.9 Å². The van der Waals surface area contributed by atoms with Crippen LogP contribution in [-0.2, 0) is 65.7 Å². The number of phenolic OH excluding ortho intramolecular Hbond substituents is 3. The number of amides is 7. The van der Waals surface area contributed by atoms with Crippen LogP contribution in [0.3, 0.4) is 0 Å². The average Bonchev–Trinajstić information content (AvgIpc) is 0.767. The van der Waals surface area contributed by atoms with Crippen LogP contribution in [0.25, 0.3) is 11.1 Å². The van der Waals surface area contributed by atoms with E-state index in [2.05, 4.69) is 42.5 Å². The molecular weight excluding hydrogens is 1630 g/mol. The minimum atomic E-state index is -2.34. The van der Waals surface area contributed by atoms with Crippen molar-refractivity contribution in [2.24, 2.45) is 23.3 Å². The Bertz CT molecular complexity index is 4930. The van der Waals surface area contributed by atoms with Gasteiger partial charge in [0, 0.05) is 53.7 Å². The fraction of sp³-hybridized carbons (Fsp3) is 0.400. The number of ether oxygens (including phenoxy) is 7. The van der Waals surface area contributed by atoms with Gasteiger partial charge in [0.1, 0.15) is 95.7 Å². The quantitative estimate of drug-likeness (QED) is 0.0543. The summed E-state index contributed by atoms with van der Waals surface area (Å²) in [6.45, 7) is 6.82. The van der Waals surface area contributed by atoms with Gasteiger partial charge in [0.05, 0.1) is 50.9 Å². The van der Waals surface area contributed by atoms with E-state index in [0.29, 0.717) is 15.8 Å². The van der Waals surface area contributed by atoms with Crippen molar-refractivity contribution in [3.05, 3.63) is 175 Å². The van der Waals surface area contributed by atoms with E-state index < -0.39 is 232 Å². The zero-order valence-electron chi connectivity index (χ0n) is 63.7. The van der Waals surface area contributed by atoms with E-state index in [4.69, 9.17) is 91.0 Å². The number of halogens is 4. The van der Waals surface area contributed by atoms with E-state index in [-0.39, 0.29) is 71.0 Å². The van der Waals surface area contributed by atoms with Crippen molar-refractivity contribution in [3.63, 3.8) is 0 Å². The minimum absolute atomic E-state index is 0.104. The van der Waals surface area contributed by atoms with Crippen LogP contribution in [0.5, 0.6) is 46.0 Å². The molecule has 34 nitrogen and oxygen atoms in total. The number of carboxylic acids is 1. The van der Waals surface area contributed by atoms with Crippen molar-refractivity contribution in [2.45, 2.75) is 176 Å². The third-order valence-electron chi connectivity index (χ3n) is 21.1. The highest BCUT2D eigenvalue weighted by Gasteiger charge is 2.52. The summed E-state index contributed by atoms with van der Waals surface area (Å²) < 4.78 is 45.8. The number of likely N-dealkylation sites (N-methyl/N-ethyl adjacent to an activating group) is 1. The smallest absolute Gasteiger partial charge is 0.330 e. The molecule has 19 atom stereocenters. The summed E-state index contributed by atoms with van der Waals surface area (Å²) in [4.78, 5) is 118. The Balaban J connectivity index is 1.01. The van der Waals surface area contributed by atoms with Crippen LogP contribution >= 0.6 is 46.4 Å². The number of hydrogen-bond acceptors (Lipinski definition) is 26. The first-order chi connectivity index (χ1) is 56.0. The second kappa shape index (κ2) is 36.6. The van der Waals surface area contributed by atoms with Gasteiger partial charge in [-0.1, -0.05) is 96.7 Å². The van der Waals surface area contributed by atoms with E-state index in [1.807, 2.05) is 26.0 Å². The summed E-state index contributed by atoms with van der Waals surface area (Å²) in [5, 5.41) is 127. The predicted octanol–water partition coefficient (Wildman–Crippen LogP) is 4.08.